The van der Waals surface area contributed by atoms with E-state index in [1.165, 1.54) is 24.8 Å². The molecule has 1 atom stereocenters. The molecule has 0 radical (unpaired) electrons. The first-order valence-corrected chi connectivity index (χ1v) is 7.50. The SMILES string of the molecule is CCCCCC(NN)c1cc(Br)sc1Br. The van der Waals surface area contributed by atoms with E-state index in [2.05, 4.69) is 50.3 Å². The lowest BCUT2D eigenvalue weighted by molar-refractivity contribution is 0.486. The van der Waals surface area contributed by atoms with Crippen LogP contribution in [0, 0.1) is 0 Å². The van der Waals surface area contributed by atoms with E-state index in [9.17, 15) is 0 Å². The minimum atomic E-state index is 0.258. The standard InChI is InChI=1S/C10H16Br2N2S/c1-2-3-4-5-8(14-13)7-6-9(11)15-10(7)12/h6,8,14H,2-5,13H2,1H3. The molecule has 1 rings (SSSR count). The molecule has 86 valence electrons. The number of halogens is 2. The van der Waals surface area contributed by atoms with E-state index in [-0.39, 0.29) is 6.04 Å². The van der Waals surface area contributed by atoms with Crippen molar-refractivity contribution in [2.75, 3.05) is 0 Å². The fraction of sp³-hybridized carbons (Fsp3) is 0.600. The lowest BCUT2D eigenvalue weighted by atomic mass is 10.0. The highest BCUT2D eigenvalue weighted by Crippen LogP contribution is 2.36. The van der Waals surface area contributed by atoms with Gasteiger partial charge in [-0.25, -0.2) is 0 Å². The molecule has 1 unspecified atom stereocenters. The van der Waals surface area contributed by atoms with Crippen LogP contribution < -0.4 is 11.3 Å². The topological polar surface area (TPSA) is 38.0 Å². The summed E-state index contributed by atoms with van der Waals surface area (Å²) in [4.78, 5) is 0. The molecule has 15 heavy (non-hydrogen) atoms. The summed E-state index contributed by atoms with van der Waals surface area (Å²) in [6.07, 6.45) is 4.81. The van der Waals surface area contributed by atoms with Crippen LogP contribution in [-0.4, -0.2) is 0 Å². The molecular formula is C10H16Br2N2S. The molecule has 0 bridgehead atoms. The summed E-state index contributed by atoms with van der Waals surface area (Å²) < 4.78 is 2.30. The fourth-order valence-corrected chi connectivity index (χ4v) is 4.49. The molecule has 0 saturated heterocycles. The molecular weight excluding hydrogens is 340 g/mol. The Bertz CT molecular complexity index is 302. The van der Waals surface area contributed by atoms with Crippen LogP contribution in [0.2, 0.25) is 0 Å². The first kappa shape index (κ1) is 13.6. The normalized spacial score (nSPS) is 13.1. The van der Waals surface area contributed by atoms with E-state index in [4.69, 9.17) is 5.84 Å². The Morgan fingerprint density at radius 1 is 1.47 bits per heavy atom. The molecule has 0 aromatic carbocycles. The van der Waals surface area contributed by atoms with Gasteiger partial charge >= 0.3 is 0 Å². The highest BCUT2D eigenvalue weighted by molar-refractivity contribution is 9.12. The molecule has 1 aromatic rings. The first-order chi connectivity index (χ1) is 7.19. The predicted octanol–water partition coefficient (Wildman–Crippen LogP) is 4.36. The van der Waals surface area contributed by atoms with Gasteiger partial charge in [0.2, 0.25) is 0 Å². The number of hydrogen-bond donors (Lipinski definition) is 2. The number of thiophene rings is 1. The second-order valence-corrected chi connectivity index (χ2v) is 7.24. The minimum absolute atomic E-state index is 0.258. The highest BCUT2D eigenvalue weighted by atomic mass is 79.9. The minimum Gasteiger partial charge on any atom is -0.271 e. The molecule has 3 N–H and O–H groups in total. The third kappa shape index (κ3) is 4.15. The second kappa shape index (κ2) is 7.01. The third-order valence-corrected chi connectivity index (χ3v) is 4.74. The van der Waals surface area contributed by atoms with Crippen LogP contribution in [0.3, 0.4) is 0 Å². The Labute approximate surface area is 112 Å². The molecule has 0 aliphatic heterocycles. The van der Waals surface area contributed by atoms with Crippen molar-refractivity contribution in [1.82, 2.24) is 5.43 Å². The van der Waals surface area contributed by atoms with Crippen molar-refractivity contribution in [3.8, 4) is 0 Å². The first-order valence-electron chi connectivity index (χ1n) is 5.09. The second-order valence-electron chi connectivity index (χ2n) is 3.49. The van der Waals surface area contributed by atoms with Gasteiger partial charge in [0.25, 0.3) is 0 Å². The molecule has 0 spiro atoms. The van der Waals surface area contributed by atoms with E-state index in [0.29, 0.717) is 0 Å². The monoisotopic (exact) mass is 354 g/mol. The summed E-state index contributed by atoms with van der Waals surface area (Å²) in [6.45, 7) is 2.21. The Hall–Kier alpha value is 0.580. The van der Waals surface area contributed by atoms with E-state index >= 15 is 0 Å². The molecule has 5 heteroatoms. The largest absolute Gasteiger partial charge is 0.271 e. The summed E-state index contributed by atoms with van der Waals surface area (Å²) in [5, 5.41) is 0. The van der Waals surface area contributed by atoms with Gasteiger partial charge in [0.05, 0.1) is 7.57 Å². The van der Waals surface area contributed by atoms with Crippen LogP contribution in [-0.2, 0) is 0 Å². The van der Waals surface area contributed by atoms with E-state index in [1.54, 1.807) is 11.3 Å². The number of rotatable bonds is 6. The average molecular weight is 356 g/mol. The van der Waals surface area contributed by atoms with E-state index in [0.717, 1.165) is 14.0 Å². The zero-order valence-electron chi connectivity index (χ0n) is 8.72. The number of nitrogens with two attached hydrogens (primary N) is 1. The molecule has 0 amide bonds. The molecule has 1 heterocycles. The summed E-state index contributed by atoms with van der Waals surface area (Å²) in [6, 6.07) is 2.39. The van der Waals surface area contributed by atoms with Crippen molar-refractivity contribution in [2.45, 2.75) is 38.6 Å². The lowest BCUT2D eigenvalue weighted by Gasteiger charge is -2.14. The molecule has 0 fully saturated rings. The van der Waals surface area contributed by atoms with Gasteiger partial charge in [-0.05, 0) is 49.9 Å². The summed E-state index contributed by atoms with van der Waals surface area (Å²) in [5.41, 5.74) is 4.14. The number of unbranched alkanes of at least 4 members (excludes halogenated alkanes) is 2. The maximum Gasteiger partial charge on any atom is 0.0758 e. The lowest BCUT2D eigenvalue weighted by Crippen LogP contribution is -2.27. The molecule has 0 aliphatic carbocycles. The predicted molar refractivity (Wildman–Crippen MR) is 73.9 cm³/mol. The van der Waals surface area contributed by atoms with Gasteiger partial charge in [0, 0.05) is 6.04 Å². The number of hydrogen-bond acceptors (Lipinski definition) is 3. The van der Waals surface area contributed by atoms with Crippen LogP contribution in [0.25, 0.3) is 0 Å². The van der Waals surface area contributed by atoms with Crippen LogP contribution in [0.5, 0.6) is 0 Å². The smallest absolute Gasteiger partial charge is 0.0758 e. The van der Waals surface area contributed by atoms with Crippen LogP contribution in [0.15, 0.2) is 13.6 Å². The van der Waals surface area contributed by atoms with Gasteiger partial charge in [-0.15, -0.1) is 11.3 Å². The van der Waals surface area contributed by atoms with Crippen molar-refractivity contribution in [2.24, 2.45) is 5.84 Å². The Morgan fingerprint density at radius 2 is 2.20 bits per heavy atom. The molecule has 1 aromatic heterocycles. The number of hydrazine groups is 1. The molecule has 0 saturated carbocycles. The van der Waals surface area contributed by atoms with Crippen LogP contribution >= 0.6 is 43.2 Å². The third-order valence-electron chi connectivity index (χ3n) is 2.36. The highest BCUT2D eigenvalue weighted by Gasteiger charge is 2.15. The van der Waals surface area contributed by atoms with Gasteiger partial charge in [-0.3, -0.25) is 11.3 Å². The Kier molecular flexibility index (Phi) is 6.38. The van der Waals surface area contributed by atoms with Crippen molar-refractivity contribution < 1.29 is 0 Å². The van der Waals surface area contributed by atoms with Gasteiger partial charge in [-0.1, -0.05) is 26.2 Å². The summed E-state index contributed by atoms with van der Waals surface area (Å²) >= 11 is 8.73. The van der Waals surface area contributed by atoms with Crippen LogP contribution in [0.1, 0.15) is 44.2 Å². The maximum atomic E-state index is 5.58. The quantitative estimate of drug-likeness (QED) is 0.452. The zero-order chi connectivity index (χ0) is 11.3. The maximum absolute atomic E-state index is 5.58. The van der Waals surface area contributed by atoms with E-state index < -0.39 is 0 Å². The number of nitrogens with one attached hydrogen (secondary N) is 1. The van der Waals surface area contributed by atoms with Gasteiger partial charge in [0.1, 0.15) is 0 Å². The zero-order valence-corrected chi connectivity index (χ0v) is 12.7. The van der Waals surface area contributed by atoms with Crippen LogP contribution in [0.4, 0.5) is 0 Å². The summed E-state index contributed by atoms with van der Waals surface area (Å²) in [5.74, 6) is 5.58. The molecule has 2 nitrogen and oxygen atoms in total. The van der Waals surface area contributed by atoms with Gasteiger partial charge in [0.15, 0.2) is 0 Å². The van der Waals surface area contributed by atoms with Gasteiger partial charge in [-0.2, -0.15) is 0 Å². The van der Waals surface area contributed by atoms with Crippen molar-refractivity contribution in [1.29, 1.82) is 0 Å². The average Bonchev–Trinajstić information content (AvgIpc) is 2.53. The van der Waals surface area contributed by atoms with Crippen molar-refractivity contribution >= 4 is 43.2 Å². The summed E-state index contributed by atoms with van der Waals surface area (Å²) in [7, 11) is 0. The fourth-order valence-electron chi connectivity index (χ4n) is 1.52. The van der Waals surface area contributed by atoms with Gasteiger partial charge < -0.3 is 0 Å². The Morgan fingerprint density at radius 3 is 2.67 bits per heavy atom. The van der Waals surface area contributed by atoms with E-state index in [1.807, 2.05) is 0 Å². The molecule has 0 aliphatic rings. The Balaban J connectivity index is 2.61. The van der Waals surface area contributed by atoms with Crippen molar-refractivity contribution in [3.63, 3.8) is 0 Å². The van der Waals surface area contributed by atoms with Crippen molar-refractivity contribution in [3.05, 3.63) is 19.2 Å².